The van der Waals surface area contributed by atoms with Crippen LogP contribution < -0.4 is 0 Å². The van der Waals surface area contributed by atoms with Gasteiger partial charge < -0.3 is 10.0 Å². The molecule has 1 aliphatic carbocycles. The topological polar surface area (TPSA) is 40.5 Å². The first kappa shape index (κ1) is 11.9. The van der Waals surface area contributed by atoms with E-state index in [4.69, 9.17) is 5.11 Å². The van der Waals surface area contributed by atoms with Crippen LogP contribution in [0.3, 0.4) is 0 Å². The molecule has 2 aliphatic rings. The summed E-state index contributed by atoms with van der Waals surface area (Å²) in [4.78, 5) is 13.0. The number of likely N-dealkylation sites (tertiary alicyclic amines) is 1. The second kappa shape index (κ2) is 5.67. The van der Waals surface area contributed by atoms with Crippen LogP contribution in [0, 0.1) is 5.92 Å². The summed E-state index contributed by atoms with van der Waals surface area (Å²) in [6.07, 6.45) is 9.21. The number of piperidine rings is 1. The Bertz CT molecular complexity index is 242. The van der Waals surface area contributed by atoms with E-state index in [0.717, 1.165) is 31.3 Å². The molecule has 0 aromatic rings. The van der Waals surface area contributed by atoms with Crippen molar-refractivity contribution in [1.29, 1.82) is 0 Å². The van der Waals surface area contributed by atoms with Crippen molar-refractivity contribution in [3.63, 3.8) is 0 Å². The summed E-state index contributed by atoms with van der Waals surface area (Å²) in [7, 11) is 0. The summed E-state index contributed by atoms with van der Waals surface area (Å²) in [5, 5.41) is 8.59. The van der Waals surface area contributed by atoms with Crippen molar-refractivity contribution < 1.29 is 9.90 Å². The summed E-state index contributed by atoms with van der Waals surface area (Å²) < 4.78 is 0. The normalized spacial score (nSPS) is 30.2. The monoisotopic (exact) mass is 225 g/mol. The van der Waals surface area contributed by atoms with Crippen LogP contribution in [-0.4, -0.2) is 35.1 Å². The molecule has 0 amide bonds. The highest BCUT2D eigenvalue weighted by Gasteiger charge is 2.34. The number of rotatable bonds is 5. The molecule has 2 atom stereocenters. The van der Waals surface area contributed by atoms with Crippen molar-refractivity contribution in [3.8, 4) is 0 Å². The first-order chi connectivity index (χ1) is 7.77. The summed E-state index contributed by atoms with van der Waals surface area (Å²) in [6.45, 7) is 2.36. The summed E-state index contributed by atoms with van der Waals surface area (Å²) in [5.41, 5.74) is 0. The van der Waals surface area contributed by atoms with Crippen LogP contribution >= 0.6 is 0 Å². The minimum Gasteiger partial charge on any atom is -0.481 e. The van der Waals surface area contributed by atoms with Crippen molar-refractivity contribution in [2.75, 3.05) is 13.1 Å². The molecular formula is C13H23NO2. The van der Waals surface area contributed by atoms with E-state index in [1.807, 2.05) is 0 Å². The molecule has 3 nitrogen and oxygen atoms in total. The number of carboxylic acids is 1. The Kier molecular flexibility index (Phi) is 4.22. The molecule has 0 bridgehead atoms. The predicted octanol–water partition coefficient (Wildman–Crippen LogP) is 2.51. The van der Waals surface area contributed by atoms with E-state index in [1.54, 1.807) is 0 Å². The lowest BCUT2D eigenvalue weighted by molar-refractivity contribution is -0.137. The Balaban J connectivity index is 1.69. The van der Waals surface area contributed by atoms with E-state index < -0.39 is 5.97 Å². The SMILES string of the molecule is O=C(O)CCCCN1CCCC2CCCC21. The predicted molar refractivity (Wildman–Crippen MR) is 63.4 cm³/mol. The third kappa shape index (κ3) is 2.97. The van der Waals surface area contributed by atoms with Gasteiger partial charge in [-0.3, -0.25) is 4.79 Å². The molecule has 2 fully saturated rings. The quantitative estimate of drug-likeness (QED) is 0.731. The van der Waals surface area contributed by atoms with Crippen LogP contribution in [0.1, 0.15) is 51.4 Å². The third-order valence-electron chi connectivity index (χ3n) is 4.19. The average Bonchev–Trinajstić information content (AvgIpc) is 2.72. The Morgan fingerprint density at radius 3 is 2.81 bits per heavy atom. The third-order valence-corrected chi connectivity index (χ3v) is 4.19. The van der Waals surface area contributed by atoms with E-state index in [2.05, 4.69) is 4.90 Å². The Morgan fingerprint density at radius 1 is 1.19 bits per heavy atom. The van der Waals surface area contributed by atoms with Gasteiger partial charge in [0.2, 0.25) is 0 Å². The second-order valence-electron chi connectivity index (χ2n) is 5.29. The van der Waals surface area contributed by atoms with Gasteiger partial charge in [-0.15, -0.1) is 0 Å². The van der Waals surface area contributed by atoms with Crippen LogP contribution in [-0.2, 0) is 4.79 Å². The first-order valence-corrected chi connectivity index (χ1v) is 6.73. The molecule has 0 spiro atoms. The zero-order chi connectivity index (χ0) is 11.4. The maximum atomic E-state index is 10.4. The van der Waals surface area contributed by atoms with Gasteiger partial charge in [0.05, 0.1) is 0 Å². The number of hydrogen-bond acceptors (Lipinski definition) is 2. The molecule has 0 aromatic heterocycles. The fourth-order valence-corrected chi connectivity index (χ4v) is 3.43. The van der Waals surface area contributed by atoms with E-state index in [0.29, 0.717) is 6.42 Å². The Morgan fingerprint density at radius 2 is 2.00 bits per heavy atom. The number of carbonyl (C=O) groups is 1. The van der Waals surface area contributed by atoms with Crippen molar-refractivity contribution in [2.45, 2.75) is 57.4 Å². The fourth-order valence-electron chi connectivity index (χ4n) is 3.43. The Hall–Kier alpha value is -0.570. The highest BCUT2D eigenvalue weighted by Crippen LogP contribution is 2.36. The fraction of sp³-hybridized carbons (Fsp3) is 0.923. The van der Waals surface area contributed by atoms with Gasteiger partial charge in [0.1, 0.15) is 0 Å². The lowest BCUT2D eigenvalue weighted by Gasteiger charge is -2.37. The van der Waals surface area contributed by atoms with E-state index in [9.17, 15) is 4.79 Å². The van der Waals surface area contributed by atoms with Crippen LogP contribution in [0.15, 0.2) is 0 Å². The summed E-state index contributed by atoms with van der Waals surface area (Å²) >= 11 is 0. The molecule has 1 heterocycles. The number of hydrogen-bond donors (Lipinski definition) is 1. The van der Waals surface area contributed by atoms with Crippen LogP contribution in [0.2, 0.25) is 0 Å². The maximum Gasteiger partial charge on any atom is 0.303 e. The molecule has 92 valence electrons. The zero-order valence-electron chi connectivity index (χ0n) is 10.0. The minimum atomic E-state index is -0.655. The van der Waals surface area contributed by atoms with E-state index >= 15 is 0 Å². The molecule has 3 heteroatoms. The van der Waals surface area contributed by atoms with Gasteiger partial charge in [0, 0.05) is 12.5 Å². The largest absolute Gasteiger partial charge is 0.481 e. The van der Waals surface area contributed by atoms with Crippen LogP contribution in [0.4, 0.5) is 0 Å². The molecule has 2 unspecified atom stereocenters. The molecule has 1 aliphatic heterocycles. The van der Waals surface area contributed by atoms with Crippen molar-refractivity contribution >= 4 is 5.97 Å². The van der Waals surface area contributed by atoms with E-state index in [1.165, 1.54) is 38.6 Å². The molecule has 0 radical (unpaired) electrons. The standard InChI is InChI=1S/C13H23NO2/c15-13(16)8-1-2-9-14-10-4-6-11-5-3-7-12(11)14/h11-12H,1-10H2,(H,15,16). The van der Waals surface area contributed by atoms with Gasteiger partial charge >= 0.3 is 5.97 Å². The lowest BCUT2D eigenvalue weighted by Crippen LogP contribution is -2.42. The molecule has 1 saturated carbocycles. The molecule has 1 saturated heterocycles. The van der Waals surface area contributed by atoms with Gasteiger partial charge in [-0.25, -0.2) is 0 Å². The first-order valence-electron chi connectivity index (χ1n) is 6.73. The Labute approximate surface area is 97.8 Å². The molecular weight excluding hydrogens is 202 g/mol. The van der Waals surface area contributed by atoms with Gasteiger partial charge in [-0.1, -0.05) is 6.42 Å². The smallest absolute Gasteiger partial charge is 0.303 e. The van der Waals surface area contributed by atoms with Gasteiger partial charge in [0.25, 0.3) is 0 Å². The summed E-state index contributed by atoms with van der Waals surface area (Å²) in [6, 6.07) is 0.832. The second-order valence-corrected chi connectivity index (χ2v) is 5.29. The van der Waals surface area contributed by atoms with Gasteiger partial charge in [0.15, 0.2) is 0 Å². The van der Waals surface area contributed by atoms with Crippen LogP contribution in [0.25, 0.3) is 0 Å². The van der Waals surface area contributed by atoms with E-state index in [-0.39, 0.29) is 0 Å². The number of aliphatic carboxylic acids is 1. The number of fused-ring (bicyclic) bond motifs is 1. The molecule has 2 rings (SSSR count). The minimum absolute atomic E-state index is 0.335. The number of unbranched alkanes of at least 4 members (excludes halogenated alkanes) is 1. The summed E-state index contributed by atoms with van der Waals surface area (Å²) in [5.74, 6) is 0.297. The molecule has 16 heavy (non-hydrogen) atoms. The number of carboxylic acid groups (broad SMARTS) is 1. The molecule has 0 aromatic carbocycles. The van der Waals surface area contributed by atoms with Crippen molar-refractivity contribution in [3.05, 3.63) is 0 Å². The molecule has 1 N–H and O–H groups in total. The van der Waals surface area contributed by atoms with Crippen molar-refractivity contribution in [1.82, 2.24) is 4.90 Å². The lowest BCUT2D eigenvalue weighted by atomic mass is 9.92. The van der Waals surface area contributed by atoms with Gasteiger partial charge in [-0.2, -0.15) is 0 Å². The number of nitrogens with zero attached hydrogens (tertiary/aromatic N) is 1. The van der Waals surface area contributed by atoms with Crippen molar-refractivity contribution in [2.24, 2.45) is 5.92 Å². The van der Waals surface area contributed by atoms with Gasteiger partial charge in [-0.05, 0) is 57.5 Å². The average molecular weight is 225 g/mol. The maximum absolute atomic E-state index is 10.4. The highest BCUT2D eigenvalue weighted by atomic mass is 16.4. The highest BCUT2D eigenvalue weighted by molar-refractivity contribution is 5.66. The van der Waals surface area contributed by atoms with Crippen LogP contribution in [0.5, 0.6) is 0 Å². The zero-order valence-corrected chi connectivity index (χ0v) is 10.0.